The highest BCUT2D eigenvalue weighted by Gasteiger charge is 2.52. The Kier molecular flexibility index (Phi) is 9.49. The molecule has 0 amide bonds. The van der Waals surface area contributed by atoms with Crippen molar-refractivity contribution in [3.05, 3.63) is 35.9 Å². The van der Waals surface area contributed by atoms with Crippen molar-refractivity contribution in [1.29, 1.82) is 0 Å². The lowest BCUT2D eigenvalue weighted by atomic mass is 9.87. The van der Waals surface area contributed by atoms with Crippen molar-refractivity contribution in [1.82, 2.24) is 0 Å². The number of benzene rings is 1. The van der Waals surface area contributed by atoms with Gasteiger partial charge in [0.05, 0.1) is 18.8 Å². The summed E-state index contributed by atoms with van der Waals surface area (Å²) < 4.78 is 28.1. The number of aliphatic hydroxyl groups is 1. The smallest absolute Gasteiger partial charge is 0.186 e. The third-order valence-electron chi connectivity index (χ3n) is 7.11. The van der Waals surface area contributed by atoms with Gasteiger partial charge in [-0.15, -0.1) is 0 Å². The Morgan fingerprint density at radius 3 is 1.84 bits per heavy atom. The quantitative estimate of drug-likeness (QED) is 0.674. The zero-order valence-electron chi connectivity index (χ0n) is 20.5. The molecule has 2 aliphatic rings. The van der Waals surface area contributed by atoms with Gasteiger partial charge in [0.2, 0.25) is 0 Å². The molecule has 0 saturated carbocycles. The second-order valence-electron chi connectivity index (χ2n) is 9.06. The summed E-state index contributed by atoms with van der Waals surface area (Å²) in [6.07, 6.45) is 1.44. The predicted molar refractivity (Wildman–Crippen MR) is 121 cm³/mol. The summed E-state index contributed by atoms with van der Waals surface area (Å²) in [5, 5.41) is 9.97. The second-order valence-corrected chi connectivity index (χ2v) is 9.06. The first-order valence-electron chi connectivity index (χ1n) is 11.4. The lowest BCUT2D eigenvalue weighted by Gasteiger charge is -2.33. The molecule has 2 aliphatic heterocycles. The molecule has 2 fully saturated rings. The Hall–Kier alpha value is -1.02. The van der Waals surface area contributed by atoms with Crippen LogP contribution in [0.3, 0.4) is 0 Å². The highest BCUT2D eigenvalue weighted by Crippen LogP contribution is 2.41. The van der Waals surface area contributed by atoms with Crippen molar-refractivity contribution in [2.75, 3.05) is 14.2 Å². The maximum Gasteiger partial charge on any atom is 0.186 e. The van der Waals surface area contributed by atoms with Crippen LogP contribution in [0.25, 0.3) is 0 Å². The minimum absolute atomic E-state index is 0.116. The summed E-state index contributed by atoms with van der Waals surface area (Å²) in [4.78, 5) is 0. The highest BCUT2D eigenvalue weighted by molar-refractivity contribution is 5.13. The van der Waals surface area contributed by atoms with E-state index in [2.05, 4.69) is 39.8 Å². The topological polar surface area (TPSA) is 66.4 Å². The van der Waals surface area contributed by atoms with Crippen molar-refractivity contribution in [3.8, 4) is 0 Å². The third kappa shape index (κ3) is 5.67. The van der Waals surface area contributed by atoms with Crippen molar-refractivity contribution in [2.24, 2.45) is 11.8 Å². The molecule has 0 unspecified atom stereocenters. The molecular formula is C25H42O6. The minimum atomic E-state index is -0.852. The molecule has 8 atom stereocenters. The monoisotopic (exact) mass is 438 g/mol. The summed E-state index contributed by atoms with van der Waals surface area (Å²) in [5.41, 5.74) is -0.0773. The van der Waals surface area contributed by atoms with E-state index in [4.69, 9.17) is 23.7 Å². The Morgan fingerprint density at radius 2 is 1.39 bits per heavy atom. The van der Waals surface area contributed by atoms with E-state index in [1.807, 2.05) is 25.1 Å². The predicted octanol–water partition coefficient (Wildman–Crippen LogP) is 4.53. The van der Waals surface area contributed by atoms with E-state index in [1.54, 1.807) is 21.1 Å². The van der Waals surface area contributed by atoms with Gasteiger partial charge in [-0.1, -0.05) is 58.0 Å². The summed E-state index contributed by atoms with van der Waals surface area (Å²) in [5.74, 6) is 0.443. The minimum Gasteiger partial charge on any atom is -0.384 e. The molecule has 6 heteroatoms. The molecule has 3 rings (SSSR count). The van der Waals surface area contributed by atoms with E-state index < -0.39 is 17.5 Å². The molecule has 178 valence electrons. The fourth-order valence-electron chi connectivity index (χ4n) is 4.50. The van der Waals surface area contributed by atoms with Crippen molar-refractivity contribution in [2.45, 2.75) is 97.0 Å². The first-order valence-corrected chi connectivity index (χ1v) is 11.4. The summed E-state index contributed by atoms with van der Waals surface area (Å²) in [6, 6.07) is 10.2. The van der Waals surface area contributed by atoms with Gasteiger partial charge in [-0.25, -0.2) is 0 Å². The maximum atomic E-state index is 9.97. The summed E-state index contributed by atoms with van der Waals surface area (Å²) >= 11 is 0. The zero-order valence-corrected chi connectivity index (χ0v) is 20.5. The molecule has 2 heterocycles. The van der Waals surface area contributed by atoms with Gasteiger partial charge >= 0.3 is 0 Å². The van der Waals surface area contributed by atoms with Gasteiger partial charge in [0.25, 0.3) is 0 Å². The fraction of sp³-hybridized carbons (Fsp3) is 0.760. The van der Waals surface area contributed by atoms with Crippen LogP contribution in [0.4, 0.5) is 0 Å². The van der Waals surface area contributed by atoms with Crippen molar-refractivity contribution < 1.29 is 28.8 Å². The van der Waals surface area contributed by atoms with Gasteiger partial charge in [-0.3, -0.25) is 0 Å². The summed E-state index contributed by atoms with van der Waals surface area (Å²) in [7, 11) is 3.24. The first kappa shape index (κ1) is 26.2. The SMILES string of the molecule is CC[C@H]1O[C@H](OC)[C@](C)(O)[C@@H]1C.CC[C@H]1O[C@H](OC)[C@](C)(OCc2ccccc2)[C@@H]1C. The second kappa shape index (κ2) is 11.2. The van der Waals surface area contributed by atoms with E-state index in [0.717, 1.165) is 12.8 Å². The normalized spacial score (nSPS) is 39.9. The molecule has 0 aromatic heterocycles. The molecule has 1 aromatic carbocycles. The van der Waals surface area contributed by atoms with Gasteiger partial charge in [-0.2, -0.15) is 0 Å². The standard InChI is InChI=1S/C16H24O3.C9H18O3/c1-5-14-12(2)16(3,15(17-4)19-14)18-11-13-9-7-6-8-10-13;1-5-7-6(2)9(3,10)8(11-4)12-7/h6-10,12,14-15H,5,11H2,1-4H3;6-8,10H,5H2,1-4H3/t12-,14-,15+,16-;6-,7-,8+,9-/m11/s1. The largest absolute Gasteiger partial charge is 0.384 e. The molecule has 2 saturated heterocycles. The molecule has 0 radical (unpaired) electrons. The number of methoxy groups -OCH3 is 2. The average Bonchev–Trinajstić information content (AvgIpc) is 3.16. The average molecular weight is 439 g/mol. The van der Waals surface area contributed by atoms with Crippen LogP contribution < -0.4 is 0 Å². The summed E-state index contributed by atoms with van der Waals surface area (Å²) in [6.45, 7) is 12.8. The Bertz CT molecular complexity index is 643. The van der Waals surface area contributed by atoms with E-state index in [-0.39, 0.29) is 24.4 Å². The van der Waals surface area contributed by atoms with E-state index in [9.17, 15) is 5.11 Å². The third-order valence-corrected chi connectivity index (χ3v) is 7.11. The van der Waals surface area contributed by atoms with E-state index in [1.165, 1.54) is 5.56 Å². The fourth-order valence-corrected chi connectivity index (χ4v) is 4.50. The van der Waals surface area contributed by atoms with Crippen LogP contribution in [0.15, 0.2) is 30.3 Å². The van der Waals surface area contributed by atoms with Crippen LogP contribution in [0.5, 0.6) is 0 Å². The molecule has 31 heavy (non-hydrogen) atoms. The Morgan fingerprint density at radius 1 is 0.871 bits per heavy atom. The van der Waals surface area contributed by atoms with E-state index in [0.29, 0.717) is 12.5 Å². The van der Waals surface area contributed by atoms with Crippen molar-refractivity contribution in [3.63, 3.8) is 0 Å². The number of ether oxygens (including phenoxy) is 5. The molecule has 0 spiro atoms. The number of rotatable bonds is 7. The van der Waals surface area contributed by atoms with Gasteiger partial charge in [0.15, 0.2) is 12.6 Å². The molecule has 0 bridgehead atoms. The van der Waals surface area contributed by atoms with E-state index >= 15 is 0 Å². The number of hydrogen-bond donors (Lipinski definition) is 1. The van der Waals surface area contributed by atoms with Crippen LogP contribution >= 0.6 is 0 Å². The van der Waals surface area contributed by atoms with Crippen LogP contribution in [-0.2, 0) is 30.3 Å². The molecule has 6 nitrogen and oxygen atoms in total. The van der Waals surface area contributed by atoms with Crippen molar-refractivity contribution >= 4 is 0 Å². The van der Waals surface area contributed by atoms with Crippen LogP contribution in [-0.4, -0.2) is 55.3 Å². The van der Waals surface area contributed by atoms with Crippen LogP contribution in [0.2, 0.25) is 0 Å². The highest BCUT2D eigenvalue weighted by atomic mass is 16.7. The van der Waals surface area contributed by atoms with Gasteiger partial charge in [0.1, 0.15) is 11.2 Å². The van der Waals surface area contributed by atoms with Crippen LogP contribution in [0, 0.1) is 11.8 Å². The number of hydrogen-bond acceptors (Lipinski definition) is 6. The Balaban J connectivity index is 0.000000245. The molecule has 0 aliphatic carbocycles. The lowest BCUT2D eigenvalue weighted by Crippen LogP contribution is -2.44. The van der Waals surface area contributed by atoms with Crippen LogP contribution in [0.1, 0.15) is 59.9 Å². The molecule has 1 aromatic rings. The lowest BCUT2D eigenvalue weighted by molar-refractivity contribution is -0.205. The Labute approximate surface area is 188 Å². The van der Waals surface area contributed by atoms with Gasteiger partial charge in [-0.05, 0) is 32.3 Å². The molecule has 1 N–H and O–H groups in total. The zero-order chi connectivity index (χ0) is 23.2. The van der Waals surface area contributed by atoms with Gasteiger partial charge in [0, 0.05) is 26.1 Å². The maximum absolute atomic E-state index is 9.97. The van der Waals surface area contributed by atoms with Gasteiger partial charge < -0.3 is 28.8 Å². The molecular weight excluding hydrogens is 396 g/mol. The first-order chi connectivity index (χ1) is 14.6.